The molecule has 0 saturated carbocycles. The van der Waals surface area contributed by atoms with Crippen LogP contribution in [-0.2, 0) is 4.79 Å². The third-order valence-electron chi connectivity index (χ3n) is 5.23. The minimum absolute atomic E-state index is 0.253. The lowest BCUT2D eigenvalue weighted by molar-refractivity contribution is -0.120. The van der Waals surface area contributed by atoms with Crippen molar-refractivity contribution in [1.82, 2.24) is 10.7 Å². The molecule has 0 unspecified atom stereocenters. The summed E-state index contributed by atoms with van der Waals surface area (Å²) < 4.78 is 11.9. The van der Waals surface area contributed by atoms with Crippen LogP contribution in [-0.4, -0.2) is 37.1 Å². The zero-order valence-corrected chi connectivity index (χ0v) is 22.0. The van der Waals surface area contributed by atoms with Crippen LogP contribution in [0.15, 0.2) is 77.9 Å². The van der Waals surface area contributed by atoms with Gasteiger partial charge in [0.2, 0.25) is 0 Å². The number of carbonyl (C=O) groups excluding carboxylic acids is 3. The van der Waals surface area contributed by atoms with E-state index in [-0.39, 0.29) is 12.3 Å². The predicted octanol–water partition coefficient (Wildman–Crippen LogP) is 5.44. The van der Waals surface area contributed by atoms with E-state index in [0.717, 1.165) is 16.5 Å². The molecule has 10 heteroatoms. The first-order chi connectivity index (χ1) is 18.5. The quantitative estimate of drug-likeness (QED) is 0.118. The van der Waals surface area contributed by atoms with E-state index in [1.54, 1.807) is 48.5 Å². The first kappa shape index (κ1) is 26.8. The Morgan fingerprint density at radius 1 is 1.00 bits per heavy atom. The summed E-state index contributed by atoms with van der Waals surface area (Å²) in [6.45, 7) is 2.33. The Morgan fingerprint density at radius 3 is 2.50 bits per heavy atom. The van der Waals surface area contributed by atoms with Gasteiger partial charge >= 0.3 is 5.97 Å². The van der Waals surface area contributed by atoms with Crippen LogP contribution in [0, 0.1) is 0 Å². The van der Waals surface area contributed by atoms with Crippen LogP contribution < -0.4 is 20.2 Å². The summed E-state index contributed by atoms with van der Waals surface area (Å²) in [6.07, 6.45) is 2.24. The average molecular weight is 550 g/mol. The summed E-state index contributed by atoms with van der Waals surface area (Å²) in [5.74, 6) is -0.585. The van der Waals surface area contributed by atoms with Crippen LogP contribution >= 0.6 is 22.9 Å². The number of esters is 1. The summed E-state index contributed by atoms with van der Waals surface area (Å²) in [6, 6.07) is 20.8. The molecule has 0 radical (unpaired) electrons. The van der Waals surface area contributed by atoms with Gasteiger partial charge in [0.1, 0.15) is 16.4 Å². The highest BCUT2D eigenvalue weighted by Gasteiger charge is 2.19. The van der Waals surface area contributed by atoms with Crippen molar-refractivity contribution in [2.24, 2.45) is 5.10 Å². The zero-order chi connectivity index (χ0) is 26.9. The van der Waals surface area contributed by atoms with E-state index in [0.29, 0.717) is 33.4 Å². The second-order valence-corrected chi connectivity index (χ2v) is 9.45. The molecule has 2 N–H and O–H groups in total. The highest BCUT2D eigenvalue weighted by Crippen LogP contribution is 2.36. The fourth-order valence-electron chi connectivity index (χ4n) is 3.37. The van der Waals surface area contributed by atoms with Gasteiger partial charge in [-0.15, -0.1) is 11.3 Å². The third-order valence-corrected chi connectivity index (χ3v) is 6.89. The number of benzene rings is 3. The number of carbonyl (C=O) groups is 3. The molecule has 0 atom stereocenters. The molecule has 194 valence electrons. The molecule has 0 spiro atoms. The van der Waals surface area contributed by atoms with Crippen molar-refractivity contribution < 1.29 is 23.9 Å². The van der Waals surface area contributed by atoms with Gasteiger partial charge in [-0.1, -0.05) is 48.9 Å². The van der Waals surface area contributed by atoms with Crippen LogP contribution in [0.4, 0.5) is 0 Å². The number of ether oxygens (including phenoxy) is 2. The first-order valence-electron chi connectivity index (χ1n) is 11.8. The van der Waals surface area contributed by atoms with E-state index >= 15 is 0 Å². The first-order valence-corrected chi connectivity index (χ1v) is 13.0. The molecule has 1 heterocycles. The van der Waals surface area contributed by atoms with E-state index in [9.17, 15) is 14.4 Å². The van der Waals surface area contributed by atoms with Crippen LogP contribution in [0.25, 0.3) is 10.1 Å². The normalized spacial score (nSPS) is 10.9. The maximum atomic E-state index is 12.8. The molecular weight excluding hydrogens is 526 g/mol. The lowest BCUT2D eigenvalue weighted by Gasteiger charge is -2.07. The molecule has 0 aliphatic carbocycles. The van der Waals surface area contributed by atoms with E-state index in [4.69, 9.17) is 21.1 Å². The van der Waals surface area contributed by atoms with Gasteiger partial charge in [-0.2, -0.15) is 5.10 Å². The lowest BCUT2D eigenvalue weighted by Crippen LogP contribution is -2.34. The lowest BCUT2D eigenvalue weighted by atomic mass is 10.2. The number of nitrogens with zero attached hydrogens (tertiary/aromatic N) is 1. The third kappa shape index (κ3) is 6.76. The molecule has 4 rings (SSSR count). The predicted molar refractivity (Wildman–Crippen MR) is 149 cm³/mol. The highest BCUT2D eigenvalue weighted by molar-refractivity contribution is 7.21. The smallest absolute Gasteiger partial charge is 0.355 e. The number of amides is 2. The Kier molecular flexibility index (Phi) is 9.07. The fourth-order valence-corrected chi connectivity index (χ4v) is 4.75. The van der Waals surface area contributed by atoms with Crippen molar-refractivity contribution in [3.63, 3.8) is 0 Å². The van der Waals surface area contributed by atoms with Gasteiger partial charge in [0.25, 0.3) is 11.8 Å². The van der Waals surface area contributed by atoms with Crippen LogP contribution in [0.5, 0.6) is 11.5 Å². The molecule has 0 fully saturated rings. The Balaban J connectivity index is 1.31. The van der Waals surface area contributed by atoms with Gasteiger partial charge in [-0.05, 0) is 48.9 Å². The van der Waals surface area contributed by atoms with Crippen molar-refractivity contribution >= 4 is 57.0 Å². The number of nitrogens with one attached hydrogen (secondary N) is 2. The molecule has 2 amide bonds. The number of hydrazone groups is 1. The molecule has 0 aliphatic rings. The summed E-state index contributed by atoms with van der Waals surface area (Å²) in [4.78, 5) is 37.6. The number of fused-ring (bicyclic) bond motifs is 1. The molecule has 8 nitrogen and oxygen atoms in total. The van der Waals surface area contributed by atoms with Crippen molar-refractivity contribution in [3.05, 3.63) is 93.8 Å². The number of halogens is 1. The Labute approximate surface area is 228 Å². The van der Waals surface area contributed by atoms with Gasteiger partial charge in [0.15, 0.2) is 0 Å². The molecule has 1 aromatic heterocycles. The van der Waals surface area contributed by atoms with E-state index in [2.05, 4.69) is 15.8 Å². The Hall–Kier alpha value is -4.21. The number of thiophene rings is 1. The topological polar surface area (TPSA) is 106 Å². The molecule has 4 aromatic rings. The SMILES string of the molecule is CCCOc1ccc(C(=O)NCC(=O)N/N=C\c2ccccc2OC(=O)c2sc3ccccc3c2Cl)cc1. The van der Waals surface area contributed by atoms with Crippen molar-refractivity contribution in [3.8, 4) is 11.5 Å². The Morgan fingerprint density at radius 2 is 1.74 bits per heavy atom. The number of hydrogen-bond donors (Lipinski definition) is 2. The molecular formula is C28H24ClN3O5S. The summed E-state index contributed by atoms with van der Waals surface area (Å²) >= 11 is 7.64. The number of rotatable bonds is 10. The van der Waals surface area contributed by atoms with E-state index < -0.39 is 17.8 Å². The largest absolute Gasteiger partial charge is 0.494 e. The maximum absolute atomic E-state index is 12.8. The molecule has 38 heavy (non-hydrogen) atoms. The van der Waals surface area contributed by atoms with Gasteiger partial charge in [0.05, 0.1) is 24.4 Å². The fraction of sp³-hybridized carbons (Fsp3) is 0.143. The maximum Gasteiger partial charge on any atom is 0.355 e. The van der Waals surface area contributed by atoms with Crippen molar-refractivity contribution in [2.45, 2.75) is 13.3 Å². The molecule has 3 aromatic carbocycles. The summed E-state index contributed by atoms with van der Waals surface area (Å²) in [5.41, 5.74) is 3.21. The van der Waals surface area contributed by atoms with Gasteiger partial charge in [-0.25, -0.2) is 10.2 Å². The number of hydrogen-bond acceptors (Lipinski definition) is 7. The zero-order valence-electron chi connectivity index (χ0n) is 20.4. The molecule has 0 aliphatic heterocycles. The monoisotopic (exact) mass is 549 g/mol. The van der Waals surface area contributed by atoms with E-state index in [1.165, 1.54) is 17.6 Å². The average Bonchev–Trinajstić information content (AvgIpc) is 3.28. The molecule has 0 saturated heterocycles. The second-order valence-electron chi connectivity index (χ2n) is 8.02. The van der Waals surface area contributed by atoms with Crippen molar-refractivity contribution in [1.29, 1.82) is 0 Å². The van der Waals surface area contributed by atoms with Crippen LogP contribution in [0.1, 0.15) is 38.9 Å². The highest BCUT2D eigenvalue weighted by atomic mass is 35.5. The Bertz CT molecular complexity index is 1480. The summed E-state index contributed by atoms with van der Waals surface area (Å²) in [5, 5.41) is 7.58. The minimum Gasteiger partial charge on any atom is -0.494 e. The van der Waals surface area contributed by atoms with Crippen LogP contribution in [0.2, 0.25) is 5.02 Å². The summed E-state index contributed by atoms with van der Waals surface area (Å²) in [7, 11) is 0. The van der Waals surface area contributed by atoms with Gasteiger partial charge in [-0.3, -0.25) is 9.59 Å². The van der Waals surface area contributed by atoms with Crippen LogP contribution in [0.3, 0.4) is 0 Å². The van der Waals surface area contributed by atoms with E-state index in [1.807, 2.05) is 31.2 Å². The second kappa shape index (κ2) is 12.8. The number of para-hydroxylation sites is 1. The van der Waals surface area contributed by atoms with Gasteiger partial charge in [0, 0.05) is 21.2 Å². The van der Waals surface area contributed by atoms with Gasteiger partial charge < -0.3 is 14.8 Å². The standard InChI is InChI=1S/C28H24ClN3O5S/c1-2-15-36-20-13-11-18(12-14-20)27(34)30-17-24(33)32-31-16-19-7-3-5-9-22(19)37-28(35)26-25(29)21-8-4-6-10-23(21)38-26/h3-14,16H,2,15,17H2,1H3,(H,30,34)(H,32,33)/b31-16-. The van der Waals surface area contributed by atoms with Crippen molar-refractivity contribution in [2.75, 3.05) is 13.2 Å². The molecule has 0 bridgehead atoms. The minimum atomic E-state index is -0.589.